The summed E-state index contributed by atoms with van der Waals surface area (Å²) in [6.45, 7) is 4.07. The van der Waals surface area contributed by atoms with Crippen molar-refractivity contribution in [2.45, 2.75) is 25.9 Å². The predicted octanol–water partition coefficient (Wildman–Crippen LogP) is 2.27. The highest BCUT2D eigenvalue weighted by Gasteiger charge is 2.31. The molecule has 0 N–H and O–H groups in total. The van der Waals surface area contributed by atoms with Gasteiger partial charge < -0.3 is 4.74 Å². The number of benzene rings is 1. The van der Waals surface area contributed by atoms with Crippen molar-refractivity contribution in [2.75, 3.05) is 0 Å². The lowest BCUT2D eigenvalue weighted by molar-refractivity contribution is 0.138. The predicted molar refractivity (Wildman–Crippen MR) is 49.6 cm³/mol. The lowest BCUT2D eigenvalue weighted by atomic mass is 9.98. The van der Waals surface area contributed by atoms with Gasteiger partial charge in [0, 0.05) is 12.0 Å². The molecule has 0 unspecified atom stereocenters. The van der Waals surface area contributed by atoms with Crippen molar-refractivity contribution >= 4 is 0 Å². The molecule has 2 rings (SSSR count). The van der Waals surface area contributed by atoms with Crippen LogP contribution in [0.25, 0.3) is 0 Å². The van der Waals surface area contributed by atoms with Crippen LogP contribution in [0, 0.1) is 11.3 Å². The van der Waals surface area contributed by atoms with Gasteiger partial charge in [0.05, 0.1) is 11.6 Å². The Balaban J connectivity index is 2.53. The van der Waals surface area contributed by atoms with Crippen molar-refractivity contribution in [1.82, 2.24) is 0 Å². The first-order chi connectivity index (χ1) is 6.12. The Kier molecular flexibility index (Phi) is 1.56. The molecule has 2 heteroatoms. The fraction of sp³-hybridized carbons (Fsp3) is 0.364. The first-order valence-corrected chi connectivity index (χ1v) is 4.33. The maximum atomic E-state index is 8.87. The van der Waals surface area contributed by atoms with Crippen LogP contribution in [-0.2, 0) is 6.42 Å². The third kappa shape index (κ3) is 1.27. The molecule has 2 nitrogen and oxygen atoms in total. The molecule has 0 radical (unpaired) electrons. The van der Waals surface area contributed by atoms with Gasteiger partial charge in [-0.3, -0.25) is 0 Å². The molecule has 1 aliphatic heterocycles. The molecule has 1 aromatic carbocycles. The SMILES string of the molecule is CC1(C)Cc2c(C#N)cccc2O1. The molecule has 1 aromatic rings. The number of nitrogens with zero attached hydrogens (tertiary/aromatic N) is 1. The first-order valence-electron chi connectivity index (χ1n) is 4.33. The highest BCUT2D eigenvalue weighted by Crippen LogP contribution is 2.36. The van der Waals surface area contributed by atoms with Crippen molar-refractivity contribution in [3.8, 4) is 11.8 Å². The van der Waals surface area contributed by atoms with Crippen LogP contribution in [-0.4, -0.2) is 5.60 Å². The monoisotopic (exact) mass is 173 g/mol. The van der Waals surface area contributed by atoms with E-state index in [1.54, 1.807) is 0 Å². The van der Waals surface area contributed by atoms with Gasteiger partial charge in [0.1, 0.15) is 11.4 Å². The summed E-state index contributed by atoms with van der Waals surface area (Å²) >= 11 is 0. The molecule has 0 amide bonds. The van der Waals surface area contributed by atoms with Crippen LogP contribution >= 0.6 is 0 Å². The number of rotatable bonds is 0. The van der Waals surface area contributed by atoms with E-state index in [0.29, 0.717) is 0 Å². The Labute approximate surface area is 77.8 Å². The van der Waals surface area contributed by atoms with E-state index >= 15 is 0 Å². The van der Waals surface area contributed by atoms with Crippen LogP contribution < -0.4 is 4.74 Å². The minimum atomic E-state index is -0.157. The third-order valence-corrected chi connectivity index (χ3v) is 2.24. The normalized spacial score (nSPS) is 17.3. The van der Waals surface area contributed by atoms with Gasteiger partial charge in [-0.05, 0) is 26.0 Å². The molecule has 1 heterocycles. The van der Waals surface area contributed by atoms with Gasteiger partial charge in [0.25, 0.3) is 0 Å². The smallest absolute Gasteiger partial charge is 0.124 e. The minimum absolute atomic E-state index is 0.157. The minimum Gasteiger partial charge on any atom is -0.487 e. The lowest BCUT2D eigenvalue weighted by Crippen LogP contribution is -2.24. The average Bonchev–Trinajstić information content (AvgIpc) is 2.37. The van der Waals surface area contributed by atoms with Gasteiger partial charge in [-0.25, -0.2) is 0 Å². The van der Waals surface area contributed by atoms with Gasteiger partial charge in [0.2, 0.25) is 0 Å². The second-order valence-corrected chi connectivity index (χ2v) is 3.93. The van der Waals surface area contributed by atoms with Crippen LogP contribution in [0.4, 0.5) is 0 Å². The molecule has 0 atom stereocenters. The second kappa shape index (κ2) is 2.50. The van der Waals surface area contributed by atoms with Crippen LogP contribution in [0.1, 0.15) is 25.0 Å². The fourth-order valence-corrected chi connectivity index (χ4v) is 1.71. The zero-order chi connectivity index (χ0) is 9.47. The zero-order valence-corrected chi connectivity index (χ0v) is 7.79. The molecule has 0 fully saturated rings. The molecule has 0 bridgehead atoms. The zero-order valence-electron chi connectivity index (χ0n) is 7.79. The van der Waals surface area contributed by atoms with Crippen LogP contribution in [0.2, 0.25) is 0 Å². The topological polar surface area (TPSA) is 33.0 Å². The number of nitriles is 1. The Morgan fingerprint density at radius 2 is 2.23 bits per heavy atom. The number of ether oxygens (including phenoxy) is 1. The quantitative estimate of drug-likeness (QED) is 0.603. The van der Waals surface area contributed by atoms with Crippen LogP contribution in [0.3, 0.4) is 0 Å². The summed E-state index contributed by atoms with van der Waals surface area (Å²) in [6, 6.07) is 7.80. The van der Waals surface area contributed by atoms with Crippen molar-refractivity contribution in [2.24, 2.45) is 0 Å². The Morgan fingerprint density at radius 1 is 1.46 bits per heavy atom. The molecule has 0 saturated heterocycles. The Morgan fingerprint density at radius 3 is 2.92 bits per heavy atom. The molecule has 0 aromatic heterocycles. The Hall–Kier alpha value is -1.49. The molecule has 66 valence electrons. The van der Waals surface area contributed by atoms with E-state index in [-0.39, 0.29) is 5.60 Å². The summed E-state index contributed by atoms with van der Waals surface area (Å²) in [4.78, 5) is 0. The highest BCUT2D eigenvalue weighted by atomic mass is 16.5. The van der Waals surface area contributed by atoms with E-state index in [0.717, 1.165) is 23.3 Å². The fourth-order valence-electron chi connectivity index (χ4n) is 1.71. The third-order valence-electron chi connectivity index (χ3n) is 2.24. The van der Waals surface area contributed by atoms with Gasteiger partial charge in [-0.2, -0.15) is 5.26 Å². The molecular weight excluding hydrogens is 162 g/mol. The maximum absolute atomic E-state index is 8.87. The molecule has 1 aliphatic rings. The number of fused-ring (bicyclic) bond motifs is 1. The van der Waals surface area contributed by atoms with Crippen molar-refractivity contribution in [3.63, 3.8) is 0 Å². The lowest BCUT2D eigenvalue weighted by Gasteiger charge is -2.16. The summed E-state index contributed by atoms with van der Waals surface area (Å²) in [7, 11) is 0. The largest absolute Gasteiger partial charge is 0.487 e. The number of hydrogen-bond donors (Lipinski definition) is 0. The molecule has 0 spiro atoms. The highest BCUT2D eigenvalue weighted by molar-refractivity contribution is 5.49. The standard InChI is InChI=1S/C11H11NO/c1-11(2)6-9-8(7-12)4-3-5-10(9)13-11/h3-5H,6H2,1-2H3. The van der Waals surface area contributed by atoms with Crippen molar-refractivity contribution in [3.05, 3.63) is 29.3 Å². The number of hydrogen-bond acceptors (Lipinski definition) is 2. The molecule has 13 heavy (non-hydrogen) atoms. The average molecular weight is 173 g/mol. The molecule has 0 saturated carbocycles. The van der Waals surface area contributed by atoms with Gasteiger partial charge >= 0.3 is 0 Å². The molecule has 0 aliphatic carbocycles. The van der Waals surface area contributed by atoms with Gasteiger partial charge in [0.15, 0.2) is 0 Å². The summed E-state index contributed by atoms with van der Waals surface area (Å²) in [5.41, 5.74) is 1.63. The van der Waals surface area contributed by atoms with Crippen molar-refractivity contribution in [1.29, 1.82) is 5.26 Å². The summed E-state index contributed by atoms with van der Waals surface area (Å²) in [5, 5.41) is 8.87. The second-order valence-electron chi connectivity index (χ2n) is 3.93. The van der Waals surface area contributed by atoms with E-state index in [4.69, 9.17) is 10.00 Å². The van der Waals surface area contributed by atoms with Crippen molar-refractivity contribution < 1.29 is 4.74 Å². The van der Waals surface area contributed by atoms with E-state index in [1.165, 1.54) is 0 Å². The van der Waals surface area contributed by atoms with E-state index in [2.05, 4.69) is 6.07 Å². The maximum Gasteiger partial charge on any atom is 0.124 e. The summed E-state index contributed by atoms with van der Waals surface area (Å²) in [6.07, 6.45) is 0.825. The van der Waals surface area contributed by atoms with E-state index in [1.807, 2.05) is 32.0 Å². The van der Waals surface area contributed by atoms with E-state index in [9.17, 15) is 0 Å². The van der Waals surface area contributed by atoms with E-state index < -0.39 is 0 Å². The van der Waals surface area contributed by atoms with Gasteiger partial charge in [-0.15, -0.1) is 0 Å². The summed E-state index contributed by atoms with van der Waals surface area (Å²) in [5.74, 6) is 0.865. The van der Waals surface area contributed by atoms with Crippen LogP contribution in [0.5, 0.6) is 5.75 Å². The summed E-state index contributed by atoms with van der Waals surface area (Å²) < 4.78 is 5.69. The Bertz CT molecular complexity index is 388. The van der Waals surface area contributed by atoms with Crippen LogP contribution in [0.15, 0.2) is 18.2 Å². The molecular formula is C11H11NO. The first kappa shape index (κ1) is 8.12. The van der Waals surface area contributed by atoms with Gasteiger partial charge in [-0.1, -0.05) is 6.07 Å².